The highest BCUT2D eigenvalue weighted by Crippen LogP contribution is 2.28. The van der Waals surface area contributed by atoms with Crippen LogP contribution in [0.25, 0.3) is 11.3 Å². The summed E-state index contributed by atoms with van der Waals surface area (Å²) in [6, 6.07) is 12.3. The number of fused-ring (bicyclic) bond motifs is 1. The molecule has 0 N–H and O–H groups in total. The lowest BCUT2D eigenvalue weighted by Crippen LogP contribution is -2.34. The number of aromatic nitrogens is 4. The molecule has 27 heavy (non-hydrogen) atoms. The second-order valence-corrected chi connectivity index (χ2v) is 7.04. The van der Waals surface area contributed by atoms with E-state index in [1.807, 2.05) is 42.6 Å². The summed E-state index contributed by atoms with van der Waals surface area (Å²) >= 11 is 0. The molecule has 4 rings (SSSR count). The Morgan fingerprint density at radius 1 is 1.11 bits per heavy atom. The summed E-state index contributed by atoms with van der Waals surface area (Å²) in [6.45, 7) is 6.02. The van der Waals surface area contributed by atoms with Crippen LogP contribution in [0.15, 0.2) is 36.4 Å². The maximum Gasteiger partial charge on any atom is 0.272 e. The first-order valence-corrected chi connectivity index (χ1v) is 9.52. The summed E-state index contributed by atoms with van der Waals surface area (Å²) in [4.78, 5) is 15.0. The number of benzene rings is 1. The fraction of sp³-hybridized carbons (Fsp3) is 0.381. The van der Waals surface area contributed by atoms with E-state index < -0.39 is 0 Å². The number of aryl methyl sites for hydroxylation is 3. The number of carbonyl (C=O) groups is 1. The molecule has 1 aromatic carbocycles. The van der Waals surface area contributed by atoms with Gasteiger partial charge in [-0.3, -0.25) is 14.2 Å². The van der Waals surface area contributed by atoms with Crippen molar-refractivity contribution < 1.29 is 4.79 Å². The zero-order valence-electron chi connectivity index (χ0n) is 16.1. The molecule has 0 bridgehead atoms. The SMILES string of the molecule is CCn1nc(C)cc1C(=O)N1CCc2nn(C)c(-c3ccccc3)c2CC1. The van der Waals surface area contributed by atoms with Gasteiger partial charge in [-0.05, 0) is 26.3 Å². The Balaban J connectivity index is 1.61. The van der Waals surface area contributed by atoms with Gasteiger partial charge in [-0.1, -0.05) is 30.3 Å². The smallest absolute Gasteiger partial charge is 0.272 e. The van der Waals surface area contributed by atoms with Crippen LogP contribution in [0.4, 0.5) is 0 Å². The van der Waals surface area contributed by atoms with Crippen LogP contribution in [-0.2, 0) is 26.4 Å². The second-order valence-electron chi connectivity index (χ2n) is 7.04. The van der Waals surface area contributed by atoms with Crippen LogP contribution < -0.4 is 0 Å². The first-order valence-electron chi connectivity index (χ1n) is 9.52. The highest BCUT2D eigenvalue weighted by molar-refractivity contribution is 5.92. The van der Waals surface area contributed by atoms with Crippen LogP contribution in [-0.4, -0.2) is 43.5 Å². The monoisotopic (exact) mass is 363 g/mol. The summed E-state index contributed by atoms with van der Waals surface area (Å²) in [5.74, 6) is 0.0632. The van der Waals surface area contributed by atoms with Crippen molar-refractivity contribution in [2.24, 2.45) is 7.05 Å². The summed E-state index contributed by atoms with van der Waals surface area (Å²) < 4.78 is 3.77. The van der Waals surface area contributed by atoms with Gasteiger partial charge in [-0.2, -0.15) is 10.2 Å². The molecule has 1 aliphatic rings. The van der Waals surface area contributed by atoms with Gasteiger partial charge in [-0.15, -0.1) is 0 Å². The van der Waals surface area contributed by atoms with Gasteiger partial charge < -0.3 is 4.90 Å². The van der Waals surface area contributed by atoms with Crippen molar-refractivity contribution in [3.8, 4) is 11.3 Å². The van der Waals surface area contributed by atoms with Crippen LogP contribution in [0, 0.1) is 6.92 Å². The molecular weight excluding hydrogens is 338 g/mol. The highest BCUT2D eigenvalue weighted by Gasteiger charge is 2.26. The Labute approximate surface area is 159 Å². The van der Waals surface area contributed by atoms with Gasteiger partial charge in [-0.25, -0.2) is 0 Å². The van der Waals surface area contributed by atoms with E-state index in [2.05, 4.69) is 29.4 Å². The average molecular weight is 363 g/mol. The molecule has 3 aromatic rings. The van der Waals surface area contributed by atoms with E-state index >= 15 is 0 Å². The molecule has 0 fully saturated rings. The average Bonchev–Trinajstić information content (AvgIpc) is 3.14. The van der Waals surface area contributed by atoms with E-state index in [0.717, 1.165) is 29.9 Å². The van der Waals surface area contributed by atoms with Gasteiger partial charge in [0, 0.05) is 44.2 Å². The molecule has 6 heteroatoms. The van der Waals surface area contributed by atoms with Gasteiger partial charge in [0.15, 0.2) is 0 Å². The van der Waals surface area contributed by atoms with Crippen molar-refractivity contribution in [1.82, 2.24) is 24.5 Å². The van der Waals surface area contributed by atoms with Crippen molar-refractivity contribution in [3.63, 3.8) is 0 Å². The van der Waals surface area contributed by atoms with Crippen molar-refractivity contribution >= 4 is 5.91 Å². The number of nitrogens with zero attached hydrogens (tertiary/aromatic N) is 5. The first kappa shape index (κ1) is 17.5. The highest BCUT2D eigenvalue weighted by atomic mass is 16.2. The molecule has 0 atom stereocenters. The molecule has 1 aliphatic heterocycles. The van der Waals surface area contributed by atoms with Crippen molar-refractivity contribution in [1.29, 1.82) is 0 Å². The predicted molar refractivity (Wildman–Crippen MR) is 105 cm³/mol. The third-order valence-electron chi connectivity index (χ3n) is 5.23. The van der Waals surface area contributed by atoms with Crippen molar-refractivity contribution in [2.75, 3.05) is 13.1 Å². The van der Waals surface area contributed by atoms with Gasteiger partial charge in [0.25, 0.3) is 5.91 Å². The molecule has 0 spiro atoms. The normalized spacial score (nSPS) is 14.1. The molecular formula is C21H25N5O. The number of hydrogen-bond acceptors (Lipinski definition) is 3. The van der Waals surface area contributed by atoms with Crippen LogP contribution in [0.3, 0.4) is 0 Å². The molecule has 140 valence electrons. The first-order chi connectivity index (χ1) is 13.1. The number of amides is 1. The molecule has 0 saturated heterocycles. The van der Waals surface area contributed by atoms with Gasteiger partial charge in [0.2, 0.25) is 0 Å². The maximum absolute atomic E-state index is 13.1. The largest absolute Gasteiger partial charge is 0.337 e. The van der Waals surface area contributed by atoms with Gasteiger partial charge in [0.1, 0.15) is 5.69 Å². The molecule has 0 unspecified atom stereocenters. The van der Waals surface area contributed by atoms with Gasteiger partial charge >= 0.3 is 0 Å². The van der Waals surface area contributed by atoms with Crippen LogP contribution >= 0.6 is 0 Å². The van der Waals surface area contributed by atoms with Crippen molar-refractivity contribution in [3.05, 3.63) is 59.0 Å². The van der Waals surface area contributed by atoms with E-state index in [-0.39, 0.29) is 5.91 Å². The Morgan fingerprint density at radius 2 is 1.85 bits per heavy atom. The molecule has 2 aromatic heterocycles. The second kappa shape index (κ2) is 7.02. The number of hydrogen-bond donors (Lipinski definition) is 0. The summed E-state index contributed by atoms with van der Waals surface area (Å²) in [7, 11) is 2.00. The molecule has 6 nitrogen and oxygen atoms in total. The van der Waals surface area contributed by atoms with Crippen molar-refractivity contribution in [2.45, 2.75) is 33.2 Å². The van der Waals surface area contributed by atoms with E-state index in [0.29, 0.717) is 25.3 Å². The van der Waals surface area contributed by atoms with E-state index in [1.165, 1.54) is 11.1 Å². The Kier molecular flexibility index (Phi) is 4.56. The van der Waals surface area contributed by atoms with Crippen LogP contribution in [0.5, 0.6) is 0 Å². The molecule has 3 heterocycles. The molecule has 0 aliphatic carbocycles. The van der Waals surface area contributed by atoms with Crippen LogP contribution in [0.2, 0.25) is 0 Å². The van der Waals surface area contributed by atoms with E-state index in [4.69, 9.17) is 5.10 Å². The van der Waals surface area contributed by atoms with Gasteiger partial charge in [0.05, 0.1) is 17.1 Å². The Morgan fingerprint density at radius 3 is 2.59 bits per heavy atom. The lowest BCUT2D eigenvalue weighted by Gasteiger charge is -2.20. The number of carbonyl (C=O) groups excluding carboxylic acids is 1. The third kappa shape index (κ3) is 3.16. The predicted octanol–water partition coefficient (Wildman–Crippen LogP) is 2.85. The summed E-state index contributed by atoms with van der Waals surface area (Å²) in [6.07, 6.45) is 1.60. The fourth-order valence-electron chi connectivity index (χ4n) is 3.97. The lowest BCUT2D eigenvalue weighted by atomic mass is 10.0. The Hall–Kier alpha value is -2.89. The molecule has 0 radical (unpaired) electrons. The Bertz CT molecular complexity index is 970. The summed E-state index contributed by atoms with van der Waals surface area (Å²) in [5, 5.41) is 9.17. The number of rotatable bonds is 3. The zero-order valence-corrected chi connectivity index (χ0v) is 16.1. The molecule has 0 saturated carbocycles. The third-order valence-corrected chi connectivity index (χ3v) is 5.23. The minimum absolute atomic E-state index is 0.0632. The maximum atomic E-state index is 13.1. The minimum Gasteiger partial charge on any atom is -0.337 e. The fourth-order valence-corrected chi connectivity index (χ4v) is 3.97. The van der Waals surface area contributed by atoms with E-state index in [9.17, 15) is 4.79 Å². The zero-order chi connectivity index (χ0) is 19.0. The molecule has 1 amide bonds. The minimum atomic E-state index is 0.0632. The topological polar surface area (TPSA) is 56.0 Å². The lowest BCUT2D eigenvalue weighted by molar-refractivity contribution is 0.0750. The van der Waals surface area contributed by atoms with E-state index in [1.54, 1.807) is 4.68 Å². The standard InChI is InChI=1S/C21H25N5O/c1-4-26-19(14-15(2)22-26)21(27)25-12-10-17-18(11-13-25)23-24(3)20(17)16-8-6-5-7-9-16/h5-9,14H,4,10-13H2,1-3H3. The van der Waals surface area contributed by atoms with Crippen LogP contribution in [0.1, 0.15) is 34.4 Å². The quantitative estimate of drug-likeness (QED) is 0.719. The summed E-state index contributed by atoms with van der Waals surface area (Å²) in [5.41, 5.74) is 6.26.